The van der Waals surface area contributed by atoms with Crippen molar-refractivity contribution < 1.29 is 0 Å². The van der Waals surface area contributed by atoms with Crippen LogP contribution in [0.25, 0.3) is 21.8 Å². The fraction of sp³-hybridized carbons (Fsp3) is 0.143. The number of hydrogen-bond donors (Lipinski definition) is 1. The molecule has 0 unspecified atom stereocenters. The lowest BCUT2D eigenvalue weighted by molar-refractivity contribution is 0.965. The number of aryl methyl sites for hydroxylation is 3. The third kappa shape index (κ3) is 4.87. The zero-order valence-electron chi connectivity index (χ0n) is 19.4. The van der Waals surface area contributed by atoms with E-state index < -0.39 is 0 Å². The van der Waals surface area contributed by atoms with Gasteiger partial charge >= 0.3 is 0 Å². The fourth-order valence-corrected chi connectivity index (χ4v) is 4.72. The third-order valence-corrected chi connectivity index (χ3v) is 6.57. The normalized spacial score (nSPS) is 10.9. The van der Waals surface area contributed by atoms with Crippen molar-refractivity contribution in [2.75, 3.05) is 5.32 Å². The maximum Gasteiger partial charge on any atom is 0.137 e. The molecule has 3 aromatic heterocycles. The molecule has 6 heteroatoms. The van der Waals surface area contributed by atoms with E-state index >= 15 is 0 Å². The first kappa shape index (κ1) is 21.9. The van der Waals surface area contributed by atoms with Crippen molar-refractivity contribution in [3.05, 3.63) is 107 Å². The van der Waals surface area contributed by atoms with Gasteiger partial charge in [0.05, 0.1) is 5.69 Å². The molecule has 34 heavy (non-hydrogen) atoms. The molecule has 0 aliphatic heterocycles. The van der Waals surface area contributed by atoms with Crippen molar-refractivity contribution in [2.45, 2.75) is 27.2 Å². The maximum absolute atomic E-state index is 4.84. The first-order valence-corrected chi connectivity index (χ1v) is 12.1. The van der Waals surface area contributed by atoms with Gasteiger partial charge in [-0.2, -0.15) is 0 Å². The molecule has 0 spiro atoms. The lowest BCUT2D eigenvalue weighted by Crippen LogP contribution is -2.06. The summed E-state index contributed by atoms with van der Waals surface area (Å²) in [5.41, 5.74) is 8.65. The van der Waals surface area contributed by atoms with Crippen molar-refractivity contribution >= 4 is 22.8 Å². The second-order valence-electron chi connectivity index (χ2n) is 8.33. The lowest BCUT2D eigenvalue weighted by Gasteiger charge is -2.15. The van der Waals surface area contributed by atoms with E-state index in [-0.39, 0.29) is 0 Å². The van der Waals surface area contributed by atoms with Gasteiger partial charge in [0.15, 0.2) is 0 Å². The Balaban J connectivity index is 1.44. The predicted octanol–water partition coefficient (Wildman–Crippen LogP) is 6.92. The molecule has 3 heterocycles. The van der Waals surface area contributed by atoms with Gasteiger partial charge in [-0.3, -0.25) is 4.98 Å². The van der Waals surface area contributed by atoms with Crippen LogP contribution in [-0.4, -0.2) is 19.9 Å². The highest BCUT2D eigenvalue weighted by Crippen LogP contribution is 2.31. The van der Waals surface area contributed by atoms with Crippen LogP contribution in [0.4, 0.5) is 11.5 Å². The van der Waals surface area contributed by atoms with E-state index in [1.165, 1.54) is 11.1 Å². The second-order valence-corrected chi connectivity index (χ2v) is 9.18. The summed E-state index contributed by atoms with van der Waals surface area (Å²) in [6.45, 7) is 6.09. The molecule has 2 aromatic carbocycles. The molecule has 0 aliphatic rings. The minimum atomic E-state index is 0.755. The average Bonchev–Trinajstić information content (AvgIpc) is 3.34. The van der Waals surface area contributed by atoms with Gasteiger partial charge in [-0.15, -0.1) is 11.3 Å². The van der Waals surface area contributed by atoms with Crippen LogP contribution in [0.1, 0.15) is 28.2 Å². The minimum absolute atomic E-state index is 0.755. The van der Waals surface area contributed by atoms with Crippen molar-refractivity contribution in [2.24, 2.45) is 0 Å². The van der Waals surface area contributed by atoms with E-state index in [0.717, 1.165) is 56.8 Å². The Labute approximate surface area is 203 Å². The Hall–Kier alpha value is -3.90. The summed E-state index contributed by atoms with van der Waals surface area (Å²) in [7, 11) is 0. The van der Waals surface area contributed by atoms with E-state index in [2.05, 4.69) is 77.0 Å². The van der Waals surface area contributed by atoms with Gasteiger partial charge in [0.1, 0.15) is 16.6 Å². The van der Waals surface area contributed by atoms with E-state index in [9.17, 15) is 0 Å². The molecule has 0 saturated heterocycles. The fourth-order valence-electron chi connectivity index (χ4n) is 3.89. The summed E-state index contributed by atoms with van der Waals surface area (Å²) in [5, 5.41) is 6.63. The zero-order chi connectivity index (χ0) is 23.5. The number of thiazole rings is 1. The largest absolute Gasteiger partial charge is 0.340 e. The summed E-state index contributed by atoms with van der Waals surface area (Å²) in [6.07, 6.45) is 4.36. The molecule has 0 saturated carbocycles. The quantitative estimate of drug-likeness (QED) is 0.296. The number of hydrogen-bond acceptors (Lipinski definition) is 6. The summed E-state index contributed by atoms with van der Waals surface area (Å²) in [6, 6.07) is 20.9. The van der Waals surface area contributed by atoms with Crippen LogP contribution in [0.15, 0.2) is 78.4 Å². The zero-order valence-corrected chi connectivity index (χ0v) is 20.2. The van der Waals surface area contributed by atoms with Crippen LogP contribution < -0.4 is 5.32 Å². The Morgan fingerprint density at radius 3 is 2.41 bits per heavy atom. The summed E-state index contributed by atoms with van der Waals surface area (Å²) < 4.78 is 0. The molecule has 5 aromatic rings. The highest BCUT2D eigenvalue weighted by molar-refractivity contribution is 7.13. The molecule has 0 fully saturated rings. The molecule has 1 N–H and O–H groups in total. The van der Waals surface area contributed by atoms with Gasteiger partial charge in [0.2, 0.25) is 0 Å². The van der Waals surface area contributed by atoms with Crippen molar-refractivity contribution in [3.63, 3.8) is 0 Å². The Morgan fingerprint density at radius 2 is 1.62 bits per heavy atom. The molecule has 5 rings (SSSR count). The number of anilines is 2. The molecule has 0 atom stereocenters. The highest BCUT2D eigenvalue weighted by Gasteiger charge is 2.13. The second kappa shape index (κ2) is 9.53. The van der Waals surface area contributed by atoms with Crippen LogP contribution >= 0.6 is 11.3 Å². The molecule has 0 bridgehead atoms. The molecule has 0 aliphatic carbocycles. The van der Waals surface area contributed by atoms with Crippen LogP contribution in [0.2, 0.25) is 0 Å². The molecule has 0 radical (unpaired) electrons. The van der Waals surface area contributed by atoms with E-state index in [0.29, 0.717) is 0 Å². The Kier molecular flexibility index (Phi) is 6.14. The lowest BCUT2D eigenvalue weighted by atomic mass is 10.0. The number of benzene rings is 2. The molecule has 168 valence electrons. The maximum atomic E-state index is 4.84. The number of pyridine rings is 1. The van der Waals surface area contributed by atoms with Gasteiger partial charge < -0.3 is 5.32 Å². The SMILES string of the molecule is Cc1ccc(Cc2c(C)nc(C)nc2Nc2cccc(-c3csc(-c4ccncc4)n3)c2)cc1. The molecular formula is C28H25N5S. The van der Waals surface area contributed by atoms with E-state index in [1.807, 2.05) is 25.1 Å². The minimum Gasteiger partial charge on any atom is -0.340 e. The summed E-state index contributed by atoms with van der Waals surface area (Å²) in [4.78, 5) is 18.3. The molecule has 0 amide bonds. The topological polar surface area (TPSA) is 63.6 Å². The van der Waals surface area contributed by atoms with Crippen LogP contribution in [-0.2, 0) is 6.42 Å². The Bertz CT molecular complexity index is 1430. The predicted molar refractivity (Wildman–Crippen MR) is 140 cm³/mol. The Morgan fingerprint density at radius 1 is 0.824 bits per heavy atom. The van der Waals surface area contributed by atoms with E-state index in [4.69, 9.17) is 9.97 Å². The first-order chi connectivity index (χ1) is 16.5. The van der Waals surface area contributed by atoms with Gasteiger partial charge in [-0.25, -0.2) is 15.0 Å². The first-order valence-electron chi connectivity index (χ1n) is 11.2. The highest BCUT2D eigenvalue weighted by atomic mass is 32.1. The van der Waals surface area contributed by atoms with E-state index in [1.54, 1.807) is 23.7 Å². The van der Waals surface area contributed by atoms with Crippen LogP contribution in [0.5, 0.6) is 0 Å². The van der Waals surface area contributed by atoms with Crippen molar-refractivity contribution in [1.29, 1.82) is 0 Å². The van der Waals surface area contributed by atoms with Crippen LogP contribution in [0, 0.1) is 20.8 Å². The summed E-state index contributed by atoms with van der Waals surface area (Å²) >= 11 is 1.64. The van der Waals surface area contributed by atoms with Gasteiger partial charge in [0.25, 0.3) is 0 Å². The van der Waals surface area contributed by atoms with Gasteiger partial charge in [-0.1, -0.05) is 42.0 Å². The number of nitrogens with zero attached hydrogens (tertiary/aromatic N) is 4. The van der Waals surface area contributed by atoms with Gasteiger partial charge in [0, 0.05) is 52.3 Å². The standard InChI is InChI=1S/C28H25N5S/c1-18-7-9-21(10-8-18)15-25-19(2)30-20(3)31-27(25)32-24-6-4-5-23(16-24)26-17-34-28(33-26)22-11-13-29-14-12-22/h4-14,16-17H,15H2,1-3H3,(H,30,31,32). The summed E-state index contributed by atoms with van der Waals surface area (Å²) in [5.74, 6) is 1.60. The van der Waals surface area contributed by atoms with Crippen molar-refractivity contribution in [1.82, 2.24) is 19.9 Å². The smallest absolute Gasteiger partial charge is 0.137 e. The number of nitrogens with one attached hydrogen (secondary N) is 1. The number of rotatable bonds is 6. The molecular weight excluding hydrogens is 438 g/mol. The average molecular weight is 464 g/mol. The monoisotopic (exact) mass is 463 g/mol. The van der Waals surface area contributed by atoms with Crippen LogP contribution in [0.3, 0.4) is 0 Å². The number of aromatic nitrogens is 4. The van der Waals surface area contributed by atoms with Crippen molar-refractivity contribution in [3.8, 4) is 21.8 Å². The third-order valence-electron chi connectivity index (χ3n) is 5.68. The van der Waals surface area contributed by atoms with Gasteiger partial charge in [-0.05, 0) is 50.6 Å². The molecule has 5 nitrogen and oxygen atoms in total.